The first kappa shape index (κ1) is 19.0. The zero-order chi connectivity index (χ0) is 19.5. The number of pyridine rings is 1. The van der Waals surface area contributed by atoms with Gasteiger partial charge < -0.3 is 15.0 Å². The number of nitrogens with zero attached hydrogens (tertiary/aromatic N) is 3. The minimum Gasteiger partial charge on any atom is -0.378 e. The van der Waals surface area contributed by atoms with E-state index in [-0.39, 0.29) is 5.91 Å². The first-order chi connectivity index (χ1) is 13.7. The Morgan fingerprint density at radius 2 is 1.96 bits per heavy atom. The van der Waals surface area contributed by atoms with Gasteiger partial charge in [-0.05, 0) is 52.2 Å². The molecule has 1 saturated heterocycles. The first-order valence-electron chi connectivity index (χ1n) is 9.52. The van der Waals surface area contributed by atoms with E-state index in [9.17, 15) is 4.79 Å². The number of benzene rings is 1. The molecule has 3 heterocycles. The predicted octanol–water partition coefficient (Wildman–Crippen LogP) is 3.43. The molecule has 1 aliphatic rings. The molecule has 1 N–H and O–H groups in total. The van der Waals surface area contributed by atoms with Crippen LogP contribution in [0.3, 0.4) is 0 Å². The fourth-order valence-electron chi connectivity index (χ4n) is 3.48. The maximum absolute atomic E-state index is 12.9. The van der Waals surface area contributed by atoms with Gasteiger partial charge in [0.2, 0.25) is 0 Å². The number of fused-ring (bicyclic) bond motifs is 1. The maximum Gasteiger partial charge on any atom is 0.270 e. The quantitative estimate of drug-likeness (QED) is 0.657. The van der Waals surface area contributed by atoms with Crippen LogP contribution in [-0.2, 0) is 17.7 Å². The van der Waals surface area contributed by atoms with Crippen LogP contribution in [0.1, 0.15) is 28.7 Å². The van der Waals surface area contributed by atoms with Gasteiger partial charge in [-0.25, -0.2) is 4.98 Å². The molecule has 146 valence electrons. The maximum atomic E-state index is 12.9. The number of nitrogens with one attached hydrogen (secondary N) is 1. The topological polar surface area (TPSA) is 58.9 Å². The summed E-state index contributed by atoms with van der Waals surface area (Å²) in [5.74, 6) is -0.111. The summed E-state index contributed by atoms with van der Waals surface area (Å²) in [5, 5.41) is 3.04. The molecule has 1 fully saturated rings. The molecule has 0 aliphatic carbocycles. The molecular formula is C21H23BrN4O2. The molecule has 7 heteroatoms. The lowest BCUT2D eigenvalue weighted by Crippen LogP contribution is -2.36. The molecule has 0 saturated carbocycles. The molecular weight excluding hydrogens is 420 g/mol. The van der Waals surface area contributed by atoms with Gasteiger partial charge in [0.15, 0.2) is 5.65 Å². The van der Waals surface area contributed by atoms with Crippen molar-refractivity contribution in [2.75, 3.05) is 31.2 Å². The number of amides is 1. The highest BCUT2D eigenvalue weighted by Crippen LogP contribution is 2.21. The van der Waals surface area contributed by atoms with Crippen molar-refractivity contribution in [1.29, 1.82) is 0 Å². The van der Waals surface area contributed by atoms with E-state index < -0.39 is 0 Å². The van der Waals surface area contributed by atoms with Crippen LogP contribution in [0.15, 0.2) is 47.1 Å². The van der Waals surface area contributed by atoms with Crippen LogP contribution in [0.4, 0.5) is 5.69 Å². The Bertz CT molecular complexity index is 978. The monoisotopic (exact) mass is 442 g/mol. The fraction of sp³-hybridized carbons (Fsp3) is 0.333. The molecule has 0 unspecified atom stereocenters. The molecule has 1 amide bonds. The molecule has 28 heavy (non-hydrogen) atoms. The molecule has 0 bridgehead atoms. The number of aryl methyl sites for hydroxylation is 1. The SMILES string of the molecule is CCc1nc2c(Br)cccn2c1C(=O)NCc1ccc(N2CCOCC2)cc1. The van der Waals surface area contributed by atoms with Gasteiger partial charge in [0.1, 0.15) is 5.69 Å². The summed E-state index contributed by atoms with van der Waals surface area (Å²) in [6.45, 7) is 5.86. The van der Waals surface area contributed by atoms with Crippen LogP contribution in [0.2, 0.25) is 0 Å². The van der Waals surface area contributed by atoms with Gasteiger partial charge in [0.05, 0.1) is 23.4 Å². The Morgan fingerprint density at radius 3 is 2.68 bits per heavy atom. The second-order valence-corrected chi connectivity index (χ2v) is 7.61. The number of carbonyl (C=O) groups is 1. The van der Waals surface area contributed by atoms with Gasteiger partial charge in [-0.15, -0.1) is 0 Å². The number of anilines is 1. The van der Waals surface area contributed by atoms with Crippen molar-refractivity contribution in [3.05, 3.63) is 64.0 Å². The summed E-state index contributed by atoms with van der Waals surface area (Å²) in [7, 11) is 0. The highest BCUT2D eigenvalue weighted by molar-refractivity contribution is 9.10. The predicted molar refractivity (Wildman–Crippen MR) is 113 cm³/mol. The van der Waals surface area contributed by atoms with E-state index in [0.29, 0.717) is 18.7 Å². The summed E-state index contributed by atoms with van der Waals surface area (Å²) >= 11 is 3.51. The summed E-state index contributed by atoms with van der Waals surface area (Å²) in [6.07, 6.45) is 2.57. The van der Waals surface area contributed by atoms with Crippen molar-refractivity contribution >= 4 is 33.2 Å². The van der Waals surface area contributed by atoms with Crippen LogP contribution in [-0.4, -0.2) is 41.6 Å². The van der Waals surface area contributed by atoms with Gasteiger partial charge in [-0.2, -0.15) is 0 Å². The van der Waals surface area contributed by atoms with Crippen molar-refractivity contribution < 1.29 is 9.53 Å². The zero-order valence-corrected chi connectivity index (χ0v) is 17.4. The molecule has 6 nitrogen and oxygen atoms in total. The van der Waals surface area contributed by atoms with Crippen LogP contribution >= 0.6 is 15.9 Å². The number of carbonyl (C=O) groups excluding carboxylic acids is 1. The molecule has 0 radical (unpaired) electrons. The van der Waals surface area contributed by atoms with Crippen molar-refractivity contribution in [2.45, 2.75) is 19.9 Å². The lowest BCUT2D eigenvalue weighted by atomic mass is 10.1. The molecule has 0 atom stereocenters. The van der Waals surface area contributed by atoms with Crippen molar-refractivity contribution in [3.8, 4) is 0 Å². The third-order valence-electron chi connectivity index (χ3n) is 4.99. The van der Waals surface area contributed by atoms with Crippen LogP contribution < -0.4 is 10.2 Å². The zero-order valence-electron chi connectivity index (χ0n) is 15.8. The average molecular weight is 443 g/mol. The Kier molecular flexibility index (Phi) is 5.64. The standard InChI is InChI=1S/C21H23BrN4O2/c1-2-18-19(26-9-3-4-17(22)20(26)24-18)21(27)23-14-15-5-7-16(8-6-15)25-10-12-28-13-11-25/h3-9H,2,10-14H2,1H3,(H,23,27). The van der Waals surface area contributed by atoms with E-state index in [2.05, 4.69) is 55.4 Å². The number of hydrogen-bond acceptors (Lipinski definition) is 4. The fourth-order valence-corrected chi connectivity index (χ4v) is 3.91. The van der Waals surface area contributed by atoms with Gasteiger partial charge in [0, 0.05) is 31.5 Å². The van der Waals surface area contributed by atoms with Gasteiger partial charge >= 0.3 is 0 Å². The second-order valence-electron chi connectivity index (χ2n) is 6.76. The van der Waals surface area contributed by atoms with E-state index in [0.717, 1.165) is 47.7 Å². The summed E-state index contributed by atoms with van der Waals surface area (Å²) in [6, 6.07) is 12.2. The molecule has 1 aliphatic heterocycles. The van der Waals surface area contributed by atoms with Gasteiger partial charge in [0.25, 0.3) is 5.91 Å². The summed E-state index contributed by atoms with van der Waals surface area (Å²) in [5.41, 5.74) is 4.42. The first-order valence-corrected chi connectivity index (χ1v) is 10.3. The Balaban J connectivity index is 1.47. The number of aromatic nitrogens is 2. The summed E-state index contributed by atoms with van der Waals surface area (Å²) < 4.78 is 8.13. The number of rotatable bonds is 5. The summed E-state index contributed by atoms with van der Waals surface area (Å²) in [4.78, 5) is 19.8. The molecule has 3 aromatic rings. The van der Waals surface area contributed by atoms with Crippen molar-refractivity contribution in [1.82, 2.24) is 14.7 Å². The molecule has 2 aromatic heterocycles. The average Bonchev–Trinajstić information content (AvgIpc) is 3.13. The smallest absolute Gasteiger partial charge is 0.270 e. The number of morpholine rings is 1. The number of imidazole rings is 1. The lowest BCUT2D eigenvalue weighted by molar-refractivity contribution is 0.0944. The Hall–Kier alpha value is -2.38. The highest BCUT2D eigenvalue weighted by Gasteiger charge is 2.19. The van der Waals surface area contributed by atoms with Crippen molar-refractivity contribution in [3.63, 3.8) is 0 Å². The van der Waals surface area contributed by atoms with Gasteiger partial charge in [-0.1, -0.05) is 19.1 Å². The lowest BCUT2D eigenvalue weighted by Gasteiger charge is -2.28. The molecule has 4 rings (SSSR count). The van der Waals surface area contributed by atoms with E-state index in [1.54, 1.807) is 0 Å². The van der Waals surface area contributed by atoms with Crippen molar-refractivity contribution in [2.24, 2.45) is 0 Å². The largest absolute Gasteiger partial charge is 0.378 e. The minimum absolute atomic E-state index is 0.111. The third kappa shape index (κ3) is 3.77. The van der Waals surface area contributed by atoms with Crippen LogP contribution in [0.5, 0.6) is 0 Å². The van der Waals surface area contributed by atoms with E-state index >= 15 is 0 Å². The van der Waals surface area contributed by atoms with E-state index in [1.807, 2.05) is 29.7 Å². The van der Waals surface area contributed by atoms with E-state index in [4.69, 9.17) is 4.74 Å². The number of halogens is 1. The van der Waals surface area contributed by atoms with Gasteiger partial charge in [-0.3, -0.25) is 9.20 Å². The normalized spacial score (nSPS) is 14.4. The highest BCUT2D eigenvalue weighted by atomic mass is 79.9. The second kappa shape index (κ2) is 8.32. The Morgan fingerprint density at radius 1 is 1.21 bits per heavy atom. The van der Waals surface area contributed by atoms with E-state index in [1.165, 1.54) is 5.69 Å². The van der Waals surface area contributed by atoms with Crippen LogP contribution in [0, 0.1) is 0 Å². The minimum atomic E-state index is -0.111. The Labute approximate surface area is 172 Å². The van der Waals surface area contributed by atoms with Crippen LogP contribution in [0.25, 0.3) is 5.65 Å². The third-order valence-corrected chi connectivity index (χ3v) is 5.61. The number of ether oxygens (including phenoxy) is 1. The molecule has 1 aromatic carbocycles. The molecule has 0 spiro atoms. The number of hydrogen-bond donors (Lipinski definition) is 1.